The van der Waals surface area contributed by atoms with Crippen LogP contribution in [0.2, 0.25) is 0 Å². The lowest BCUT2D eigenvalue weighted by Crippen LogP contribution is -2.53. The van der Waals surface area contributed by atoms with Gasteiger partial charge in [-0.05, 0) is 31.5 Å². The van der Waals surface area contributed by atoms with Crippen molar-refractivity contribution in [3.8, 4) is 5.75 Å². The SMILES string of the molecule is COc1ccc(C(C)(C)C(=O)N2CCN(CCO)CC2)cc1. The highest BCUT2D eigenvalue weighted by molar-refractivity contribution is 5.87. The molecule has 0 saturated carbocycles. The molecule has 1 N–H and O–H groups in total. The summed E-state index contributed by atoms with van der Waals surface area (Å²) in [6.45, 7) is 7.89. The molecule has 0 aromatic heterocycles. The zero-order valence-electron chi connectivity index (χ0n) is 13.7. The lowest BCUT2D eigenvalue weighted by Gasteiger charge is -2.38. The van der Waals surface area contributed by atoms with Crippen molar-refractivity contribution < 1.29 is 14.6 Å². The number of carbonyl (C=O) groups is 1. The van der Waals surface area contributed by atoms with E-state index in [0.717, 1.165) is 37.5 Å². The zero-order chi connectivity index (χ0) is 16.2. The van der Waals surface area contributed by atoms with E-state index in [9.17, 15) is 4.79 Å². The number of β-amino-alcohol motifs (C(OH)–C–C–N with tert-alkyl or cyclic N) is 1. The van der Waals surface area contributed by atoms with Crippen LogP contribution in [-0.4, -0.2) is 67.3 Å². The summed E-state index contributed by atoms with van der Waals surface area (Å²) in [5, 5.41) is 8.98. The number of hydrogen-bond acceptors (Lipinski definition) is 4. The van der Waals surface area contributed by atoms with Gasteiger partial charge >= 0.3 is 0 Å². The van der Waals surface area contributed by atoms with E-state index in [-0.39, 0.29) is 12.5 Å². The molecule has 1 saturated heterocycles. The second-order valence-corrected chi connectivity index (χ2v) is 6.21. The quantitative estimate of drug-likeness (QED) is 0.885. The molecule has 1 aromatic rings. The van der Waals surface area contributed by atoms with Gasteiger partial charge in [-0.15, -0.1) is 0 Å². The maximum Gasteiger partial charge on any atom is 0.232 e. The average molecular weight is 306 g/mol. The largest absolute Gasteiger partial charge is 0.497 e. The number of amides is 1. The third-order valence-corrected chi connectivity index (χ3v) is 4.42. The molecule has 1 amide bonds. The van der Waals surface area contributed by atoms with E-state index in [1.54, 1.807) is 7.11 Å². The summed E-state index contributed by atoms with van der Waals surface area (Å²) in [5.74, 6) is 0.950. The highest BCUT2D eigenvalue weighted by Crippen LogP contribution is 2.28. The minimum Gasteiger partial charge on any atom is -0.497 e. The van der Waals surface area contributed by atoms with Crippen LogP contribution in [0.15, 0.2) is 24.3 Å². The molecule has 5 heteroatoms. The average Bonchev–Trinajstić information content (AvgIpc) is 2.55. The Morgan fingerprint density at radius 2 is 1.77 bits per heavy atom. The van der Waals surface area contributed by atoms with Gasteiger partial charge in [0.1, 0.15) is 5.75 Å². The van der Waals surface area contributed by atoms with Gasteiger partial charge in [-0.1, -0.05) is 12.1 Å². The number of aliphatic hydroxyl groups excluding tert-OH is 1. The maximum absolute atomic E-state index is 12.9. The van der Waals surface area contributed by atoms with E-state index in [1.165, 1.54) is 0 Å². The Morgan fingerprint density at radius 3 is 2.27 bits per heavy atom. The van der Waals surface area contributed by atoms with Crippen molar-refractivity contribution in [2.24, 2.45) is 0 Å². The number of rotatable bonds is 5. The Hall–Kier alpha value is -1.59. The van der Waals surface area contributed by atoms with E-state index >= 15 is 0 Å². The van der Waals surface area contributed by atoms with E-state index in [1.807, 2.05) is 43.0 Å². The molecule has 0 aliphatic carbocycles. The van der Waals surface area contributed by atoms with Crippen molar-refractivity contribution in [1.82, 2.24) is 9.80 Å². The number of aliphatic hydroxyl groups is 1. The van der Waals surface area contributed by atoms with E-state index in [2.05, 4.69) is 4.90 Å². The van der Waals surface area contributed by atoms with Crippen LogP contribution < -0.4 is 4.74 Å². The van der Waals surface area contributed by atoms with Gasteiger partial charge in [-0.2, -0.15) is 0 Å². The number of carbonyl (C=O) groups excluding carboxylic acids is 1. The predicted molar refractivity (Wildman–Crippen MR) is 86.1 cm³/mol. The van der Waals surface area contributed by atoms with Gasteiger partial charge in [0.25, 0.3) is 0 Å². The summed E-state index contributed by atoms with van der Waals surface area (Å²) in [7, 11) is 1.64. The van der Waals surface area contributed by atoms with Crippen LogP contribution in [-0.2, 0) is 10.2 Å². The summed E-state index contributed by atoms with van der Waals surface area (Å²) < 4.78 is 5.17. The first-order chi connectivity index (χ1) is 10.5. The molecule has 5 nitrogen and oxygen atoms in total. The molecule has 0 radical (unpaired) electrons. The van der Waals surface area contributed by atoms with Crippen molar-refractivity contribution in [2.45, 2.75) is 19.3 Å². The number of nitrogens with zero attached hydrogens (tertiary/aromatic N) is 2. The van der Waals surface area contributed by atoms with Gasteiger partial charge < -0.3 is 14.7 Å². The fourth-order valence-electron chi connectivity index (χ4n) is 2.84. The number of hydrogen-bond donors (Lipinski definition) is 1. The maximum atomic E-state index is 12.9. The Balaban J connectivity index is 2.03. The summed E-state index contributed by atoms with van der Waals surface area (Å²) in [6, 6.07) is 7.70. The smallest absolute Gasteiger partial charge is 0.232 e. The molecule has 1 fully saturated rings. The van der Waals surface area contributed by atoms with Gasteiger partial charge in [0.15, 0.2) is 0 Å². The molecule has 22 heavy (non-hydrogen) atoms. The minimum absolute atomic E-state index is 0.154. The number of methoxy groups -OCH3 is 1. The van der Waals surface area contributed by atoms with Crippen LogP contribution in [0.1, 0.15) is 19.4 Å². The number of benzene rings is 1. The molecule has 0 unspecified atom stereocenters. The van der Waals surface area contributed by atoms with Gasteiger partial charge in [0.05, 0.1) is 19.1 Å². The molecule has 0 bridgehead atoms. The van der Waals surface area contributed by atoms with Gasteiger partial charge in [-0.25, -0.2) is 0 Å². The zero-order valence-corrected chi connectivity index (χ0v) is 13.7. The van der Waals surface area contributed by atoms with Crippen LogP contribution in [0, 0.1) is 0 Å². The molecule has 2 rings (SSSR count). The van der Waals surface area contributed by atoms with Crippen LogP contribution in [0.3, 0.4) is 0 Å². The highest BCUT2D eigenvalue weighted by Gasteiger charge is 2.35. The second kappa shape index (κ2) is 7.11. The van der Waals surface area contributed by atoms with Crippen LogP contribution in [0.25, 0.3) is 0 Å². The number of ether oxygens (including phenoxy) is 1. The molecule has 1 aromatic carbocycles. The summed E-state index contributed by atoms with van der Waals surface area (Å²) in [6.07, 6.45) is 0. The minimum atomic E-state index is -0.550. The van der Waals surface area contributed by atoms with E-state index in [4.69, 9.17) is 9.84 Å². The fraction of sp³-hybridized carbons (Fsp3) is 0.588. The Kier molecular flexibility index (Phi) is 5.42. The summed E-state index contributed by atoms with van der Waals surface area (Å²) in [4.78, 5) is 17.0. The molecule has 1 heterocycles. The Morgan fingerprint density at radius 1 is 1.18 bits per heavy atom. The van der Waals surface area contributed by atoms with E-state index < -0.39 is 5.41 Å². The van der Waals surface area contributed by atoms with Crippen molar-refractivity contribution in [1.29, 1.82) is 0 Å². The van der Waals surface area contributed by atoms with Gasteiger partial charge in [0, 0.05) is 32.7 Å². The second-order valence-electron chi connectivity index (χ2n) is 6.21. The standard InChI is InChI=1S/C17H26N2O3/c1-17(2,14-4-6-15(22-3)7-5-14)16(21)19-10-8-18(9-11-19)12-13-20/h4-7,20H,8-13H2,1-3H3. The van der Waals surface area contributed by atoms with Crippen molar-refractivity contribution in [3.05, 3.63) is 29.8 Å². The fourth-order valence-corrected chi connectivity index (χ4v) is 2.84. The van der Waals surface area contributed by atoms with Crippen LogP contribution in [0.4, 0.5) is 0 Å². The molecular formula is C17H26N2O3. The first kappa shape index (κ1) is 16.8. The lowest BCUT2D eigenvalue weighted by molar-refractivity contribution is -0.138. The van der Waals surface area contributed by atoms with Crippen molar-refractivity contribution in [2.75, 3.05) is 46.4 Å². The monoisotopic (exact) mass is 306 g/mol. The van der Waals surface area contributed by atoms with Crippen LogP contribution >= 0.6 is 0 Å². The molecule has 1 aliphatic rings. The summed E-state index contributed by atoms with van der Waals surface area (Å²) in [5.41, 5.74) is 0.446. The van der Waals surface area contributed by atoms with Crippen molar-refractivity contribution in [3.63, 3.8) is 0 Å². The third kappa shape index (κ3) is 3.59. The topological polar surface area (TPSA) is 53.0 Å². The molecule has 0 atom stereocenters. The van der Waals surface area contributed by atoms with Crippen LogP contribution in [0.5, 0.6) is 5.75 Å². The van der Waals surface area contributed by atoms with Crippen molar-refractivity contribution >= 4 is 5.91 Å². The Labute approximate surface area is 132 Å². The van der Waals surface area contributed by atoms with E-state index in [0.29, 0.717) is 6.54 Å². The van der Waals surface area contributed by atoms with Gasteiger partial charge in [0.2, 0.25) is 5.91 Å². The van der Waals surface area contributed by atoms with Gasteiger partial charge in [-0.3, -0.25) is 9.69 Å². The molecule has 1 aliphatic heterocycles. The third-order valence-electron chi connectivity index (χ3n) is 4.42. The predicted octanol–water partition coefficient (Wildman–Crippen LogP) is 1.11. The number of piperazine rings is 1. The first-order valence-corrected chi connectivity index (χ1v) is 7.76. The Bertz CT molecular complexity index is 491. The molecule has 0 spiro atoms. The molecular weight excluding hydrogens is 280 g/mol. The highest BCUT2D eigenvalue weighted by atomic mass is 16.5. The summed E-state index contributed by atoms with van der Waals surface area (Å²) >= 11 is 0. The normalized spacial score (nSPS) is 16.6. The lowest BCUT2D eigenvalue weighted by atomic mass is 9.83. The first-order valence-electron chi connectivity index (χ1n) is 7.76. The molecule has 122 valence electrons.